The highest BCUT2D eigenvalue weighted by molar-refractivity contribution is 6.06. The molecule has 0 saturated heterocycles. The predicted molar refractivity (Wildman–Crippen MR) is 123 cm³/mol. The van der Waals surface area contributed by atoms with E-state index in [-0.39, 0.29) is 16.8 Å². The van der Waals surface area contributed by atoms with E-state index in [2.05, 4.69) is 25.9 Å². The molecule has 0 unspecified atom stereocenters. The zero-order valence-electron chi connectivity index (χ0n) is 18.4. The average Bonchev–Trinajstić information content (AvgIpc) is 3.35. The van der Waals surface area contributed by atoms with E-state index in [1.165, 1.54) is 43.6 Å². The number of carbonyl (C=O) groups is 4. The molecule has 10 heteroatoms. The van der Waals surface area contributed by atoms with Crippen LogP contribution >= 0.6 is 0 Å². The van der Waals surface area contributed by atoms with Gasteiger partial charge in [-0.2, -0.15) is 0 Å². The van der Waals surface area contributed by atoms with Crippen LogP contribution in [0.2, 0.25) is 0 Å². The zero-order chi connectivity index (χ0) is 24.5. The number of imidazole rings is 1. The number of carbonyl (C=O) groups excluding carboxylic acids is 4. The molecule has 0 aliphatic rings. The van der Waals surface area contributed by atoms with Crippen molar-refractivity contribution in [3.05, 3.63) is 83.7 Å². The molecule has 3 rings (SSSR count). The fourth-order valence-electron chi connectivity index (χ4n) is 3.16. The first kappa shape index (κ1) is 24.3. The number of aryl methyl sites for hydroxylation is 1. The number of nitrogens with one attached hydrogen (secondary N) is 4. The van der Waals surface area contributed by atoms with Gasteiger partial charge in [0, 0.05) is 17.5 Å². The molecule has 0 aliphatic carbocycles. The number of hydrogen-bond acceptors (Lipinski definition) is 5. The molecule has 0 saturated carbocycles. The highest BCUT2D eigenvalue weighted by Gasteiger charge is 2.21. The van der Waals surface area contributed by atoms with Gasteiger partial charge >= 0.3 is 0 Å². The van der Waals surface area contributed by atoms with Crippen LogP contribution in [0.4, 0.5) is 10.1 Å². The molecule has 9 nitrogen and oxygen atoms in total. The number of aromatic nitrogens is 2. The summed E-state index contributed by atoms with van der Waals surface area (Å²) in [5.74, 6) is -2.28. The summed E-state index contributed by atoms with van der Waals surface area (Å²) in [7, 11) is 0. The lowest BCUT2D eigenvalue weighted by molar-refractivity contribution is -0.117. The van der Waals surface area contributed by atoms with E-state index in [4.69, 9.17) is 0 Å². The number of nitrogens with zero attached hydrogens (tertiary/aromatic N) is 1. The number of H-pyrrole nitrogens is 1. The minimum atomic E-state index is -0.969. The maximum Gasteiger partial charge on any atom is 0.253 e. The fraction of sp³-hybridized carbons (Fsp3) is 0.208. The van der Waals surface area contributed by atoms with Crippen molar-refractivity contribution in [2.24, 2.45) is 0 Å². The van der Waals surface area contributed by atoms with Crippen molar-refractivity contribution >= 4 is 29.7 Å². The number of hydrogen-bond donors (Lipinski definition) is 4. The van der Waals surface area contributed by atoms with Gasteiger partial charge in [-0.05, 0) is 50.1 Å². The van der Waals surface area contributed by atoms with Gasteiger partial charge in [0.15, 0.2) is 0 Å². The molecular weight excluding hydrogens is 441 g/mol. The van der Waals surface area contributed by atoms with Gasteiger partial charge in [0.1, 0.15) is 18.1 Å². The van der Waals surface area contributed by atoms with Crippen LogP contribution in [0.5, 0.6) is 0 Å². The first-order chi connectivity index (χ1) is 16.4. The van der Waals surface area contributed by atoms with E-state index in [1.807, 2.05) is 0 Å². The summed E-state index contributed by atoms with van der Waals surface area (Å²) < 4.78 is 13.3. The van der Waals surface area contributed by atoms with Crippen molar-refractivity contribution in [2.45, 2.75) is 31.8 Å². The summed E-state index contributed by atoms with van der Waals surface area (Å²) >= 11 is 0. The van der Waals surface area contributed by atoms with Crippen LogP contribution in [0.25, 0.3) is 0 Å². The van der Waals surface area contributed by atoms with Crippen LogP contribution in [-0.2, 0) is 16.0 Å². The number of amides is 3. The van der Waals surface area contributed by atoms with Crippen molar-refractivity contribution in [3.63, 3.8) is 0 Å². The Labute approximate surface area is 195 Å². The minimum Gasteiger partial charge on any atom is -0.348 e. The Morgan fingerprint density at radius 1 is 1.09 bits per heavy atom. The fourth-order valence-corrected chi connectivity index (χ4v) is 3.16. The van der Waals surface area contributed by atoms with Gasteiger partial charge in [0.05, 0.1) is 23.6 Å². The molecule has 0 spiro atoms. The largest absolute Gasteiger partial charge is 0.348 e. The van der Waals surface area contributed by atoms with Gasteiger partial charge in [-0.1, -0.05) is 18.2 Å². The number of halogens is 1. The predicted octanol–water partition coefficient (Wildman–Crippen LogP) is 2.24. The van der Waals surface area contributed by atoms with E-state index in [1.54, 1.807) is 18.3 Å². The highest BCUT2D eigenvalue weighted by atomic mass is 19.1. The Morgan fingerprint density at radius 3 is 2.59 bits per heavy atom. The average molecular weight is 465 g/mol. The molecule has 2 atom stereocenters. The summed E-state index contributed by atoms with van der Waals surface area (Å²) in [5, 5.41) is 7.76. The van der Waals surface area contributed by atoms with E-state index < -0.39 is 35.6 Å². The normalized spacial score (nSPS) is 12.3. The van der Waals surface area contributed by atoms with Gasteiger partial charge < -0.3 is 25.7 Å². The second-order valence-electron chi connectivity index (χ2n) is 7.57. The van der Waals surface area contributed by atoms with Crippen LogP contribution in [0.1, 0.15) is 39.8 Å². The van der Waals surface area contributed by atoms with Gasteiger partial charge in [-0.3, -0.25) is 14.4 Å². The molecule has 3 amide bonds. The zero-order valence-corrected chi connectivity index (χ0v) is 18.4. The lowest BCUT2D eigenvalue weighted by Crippen LogP contribution is -2.42. The van der Waals surface area contributed by atoms with Gasteiger partial charge in [-0.25, -0.2) is 9.37 Å². The van der Waals surface area contributed by atoms with Crippen LogP contribution in [-0.4, -0.2) is 46.1 Å². The SMILES string of the molecule is C[C@@H](NC(=O)c1cccc(F)c1)C(=O)Nc1ccccc1C(=O)N[C@H](C=O)CCc1cnc[nH]1. The molecule has 3 aromatic rings. The van der Waals surface area contributed by atoms with E-state index in [9.17, 15) is 23.6 Å². The molecule has 0 fully saturated rings. The Hall–Kier alpha value is -4.34. The standard InChI is InChI=1S/C24H24FN5O4/c1-15(28-23(33)16-5-4-6-17(25)11-16)22(32)30-21-8-3-2-7-20(21)24(34)29-19(13-31)10-9-18-12-26-14-27-18/h2-8,11-15,19H,9-10H2,1H3,(H,26,27)(H,28,33)(H,29,34)(H,30,32)/t15-,19+/m1/s1. The number of benzene rings is 2. The minimum absolute atomic E-state index is 0.0782. The number of anilines is 1. The third-order valence-electron chi connectivity index (χ3n) is 5.02. The summed E-state index contributed by atoms with van der Waals surface area (Å²) in [6.07, 6.45) is 4.71. The Kier molecular flexibility index (Phi) is 8.22. The molecule has 0 aliphatic heterocycles. The summed E-state index contributed by atoms with van der Waals surface area (Å²) in [4.78, 5) is 56.0. The molecular formula is C24H24FN5O4. The second-order valence-corrected chi connectivity index (χ2v) is 7.57. The molecule has 0 bridgehead atoms. The number of rotatable bonds is 10. The monoisotopic (exact) mass is 465 g/mol. The molecule has 34 heavy (non-hydrogen) atoms. The molecule has 176 valence electrons. The molecule has 4 N–H and O–H groups in total. The number of para-hydroxylation sites is 1. The topological polar surface area (TPSA) is 133 Å². The maximum absolute atomic E-state index is 13.3. The van der Waals surface area contributed by atoms with Gasteiger partial charge in [-0.15, -0.1) is 0 Å². The lowest BCUT2D eigenvalue weighted by atomic mass is 10.1. The van der Waals surface area contributed by atoms with E-state index in [0.717, 1.165) is 11.8 Å². The summed E-state index contributed by atoms with van der Waals surface area (Å²) in [6, 6.07) is 9.71. The van der Waals surface area contributed by atoms with Crippen LogP contribution in [0.15, 0.2) is 61.1 Å². The van der Waals surface area contributed by atoms with Crippen LogP contribution < -0.4 is 16.0 Å². The summed E-state index contributed by atoms with van der Waals surface area (Å²) in [6.45, 7) is 1.47. The molecule has 1 aromatic heterocycles. The van der Waals surface area contributed by atoms with Crippen LogP contribution in [0, 0.1) is 5.82 Å². The van der Waals surface area contributed by atoms with Crippen molar-refractivity contribution in [3.8, 4) is 0 Å². The van der Waals surface area contributed by atoms with E-state index in [0.29, 0.717) is 19.1 Å². The van der Waals surface area contributed by atoms with E-state index >= 15 is 0 Å². The van der Waals surface area contributed by atoms with Crippen molar-refractivity contribution in [1.82, 2.24) is 20.6 Å². The van der Waals surface area contributed by atoms with Gasteiger partial charge in [0.2, 0.25) is 5.91 Å². The van der Waals surface area contributed by atoms with Gasteiger partial charge in [0.25, 0.3) is 11.8 Å². The Bertz CT molecular complexity index is 1170. The molecule has 0 radical (unpaired) electrons. The first-order valence-electron chi connectivity index (χ1n) is 10.6. The van der Waals surface area contributed by atoms with Crippen LogP contribution in [0.3, 0.4) is 0 Å². The highest BCUT2D eigenvalue weighted by Crippen LogP contribution is 2.16. The Morgan fingerprint density at radius 2 is 1.88 bits per heavy atom. The molecule has 1 heterocycles. The number of aromatic amines is 1. The first-order valence-corrected chi connectivity index (χ1v) is 10.6. The second kappa shape index (κ2) is 11.5. The van der Waals surface area contributed by atoms with Crippen molar-refractivity contribution in [1.29, 1.82) is 0 Å². The lowest BCUT2D eigenvalue weighted by Gasteiger charge is -2.17. The van der Waals surface area contributed by atoms with Crippen molar-refractivity contribution in [2.75, 3.05) is 5.32 Å². The summed E-state index contributed by atoms with van der Waals surface area (Å²) in [5.41, 5.74) is 1.29. The number of aldehydes is 1. The quantitative estimate of drug-likeness (QED) is 0.341. The third-order valence-corrected chi connectivity index (χ3v) is 5.02. The smallest absolute Gasteiger partial charge is 0.253 e. The maximum atomic E-state index is 13.3. The van der Waals surface area contributed by atoms with Crippen molar-refractivity contribution < 1.29 is 23.6 Å². The molecule has 2 aromatic carbocycles. The third kappa shape index (κ3) is 6.58. The Balaban J connectivity index is 1.62.